The van der Waals surface area contributed by atoms with Crippen molar-refractivity contribution in [3.63, 3.8) is 0 Å². The third-order valence-electron chi connectivity index (χ3n) is 4.55. The van der Waals surface area contributed by atoms with Crippen LogP contribution in [0.2, 0.25) is 0 Å². The molecule has 0 atom stereocenters. The Kier molecular flexibility index (Phi) is 5.31. The van der Waals surface area contributed by atoms with Crippen LogP contribution >= 0.6 is 11.3 Å². The highest BCUT2D eigenvalue weighted by Crippen LogP contribution is 2.38. The van der Waals surface area contributed by atoms with Gasteiger partial charge in [-0.2, -0.15) is 0 Å². The number of anilines is 1. The van der Waals surface area contributed by atoms with E-state index in [-0.39, 0.29) is 11.3 Å². The average molecular weight is 442 g/mol. The van der Waals surface area contributed by atoms with Crippen LogP contribution in [-0.2, 0) is 17.1 Å². The van der Waals surface area contributed by atoms with Crippen LogP contribution in [0.3, 0.4) is 0 Å². The number of nitrogens with zero attached hydrogens (tertiary/aromatic N) is 2. The lowest BCUT2D eigenvalue weighted by Crippen LogP contribution is -2.16. The van der Waals surface area contributed by atoms with Gasteiger partial charge in [-0.1, -0.05) is 18.2 Å². The first-order valence-electron chi connectivity index (χ1n) is 9.18. The van der Waals surface area contributed by atoms with E-state index in [0.29, 0.717) is 38.5 Å². The number of aromatic nitrogens is 2. The van der Waals surface area contributed by atoms with E-state index in [1.807, 2.05) is 30.3 Å². The third-order valence-corrected chi connectivity index (χ3v) is 6.68. The zero-order valence-corrected chi connectivity index (χ0v) is 18.0. The summed E-state index contributed by atoms with van der Waals surface area (Å²) in [5.74, 6) is 1.12. The largest absolute Gasteiger partial charge is 0.457 e. The lowest BCUT2D eigenvalue weighted by Gasteiger charge is -2.15. The molecule has 0 fully saturated rings. The smallest absolute Gasteiger partial charge is 0.269 e. The highest BCUT2D eigenvalue weighted by atomic mass is 32.2. The number of para-hydroxylation sites is 1. The zero-order valence-electron chi connectivity index (χ0n) is 16.3. The minimum absolute atomic E-state index is 0.0409. The van der Waals surface area contributed by atoms with Crippen LogP contribution in [0.25, 0.3) is 21.3 Å². The number of nitrogens with one attached hydrogen (secondary N) is 1. The fourth-order valence-electron chi connectivity index (χ4n) is 3.02. The van der Waals surface area contributed by atoms with Crippen LogP contribution in [0.1, 0.15) is 6.92 Å². The van der Waals surface area contributed by atoms with Gasteiger partial charge in [0.25, 0.3) is 5.56 Å². The van der Waals surface area contributed by atoms with E-state index in [1.54, 1.807) is 43.9 Å². The van der Waals surface area contributed by atoms with E-state index in [1.165, 1.54) is 15.9 Å². The standard InChI is InChI=1S/C21H19N3O4S2/c1-3-30(26,27)23-14-9-10-18(28-15-7-5-4-6-8-15)16(11-14)17-12-24(2)21(25)20-19(17)22-13-29-20/h4-13,23H,3H2,1-2H3. The third kappa shape index (κ3) is 3.94. The molecule has 7 nitrogen and oxygen atoms in total. The van der Waals surface area contributed by atoms with Gasteiger partial charge >= 0.3 is 0 Å². The molecule has 4 rings (SSSR count). The molecule has 154 valence electrons. The lowest BCUT2D eigenvalue weighted by atomic mass is 10.0. The Morgan fingerprint density at radius 2 is 1.90 bits per heavy atom. The second kappa shape index (κ2) is 7.92. The predicted molar refractivity (Wildman–Crippen MR) is 120 cm³/mol. The number of hydrogen-bond donors (Lipinski definition) is 1. The van der Waals surface area contributed by atoms with Gasteiger partial charge < -0.3 is 9.30 Å². The number of sulfonamides is 1. The molecule has 4 aromatic rings. The minimum atomic E-state index is -3.45. The summed E-state index contributed by atoms with van der Waals surface area (Å²) in [6, 6.07) is 14.3. The summed E-state index contributed by atoms with van der Waals surface area (Å²) >= 11 is 1.27. The Balaban J connectivity index is 1.92. The number of pyridine rings is 1. The maximum absolute atomic E-state index is 12.5. The van der Waals surface area contributed by atoms with Crippen LogP contribution in [-0.4, -0.2) is 23.7 Å². The topological polar surface area (TPSA) is 90.3 Å². The highest BCUT2D eigenvalue weighted by molar-refractivity contribution is 7.92. The van der Waals surface area contributed by atoms with Crippen molar-refractivity contribution in [3.8, 4) is 22.6 Å². The molecule has 0 spiro atoms. The van der Waals surface area contributed by atoms with Gasteiger partial charge in [0, 0.05) is 30.1 Å². The average Bonchev–Trinajstić information content (AvgIpc) is 3.23. The van der Waals surface area contributed by atoms with E-state index >= 15 is 0 Å². The summed E-state index contributed by atoms with van der Waals surface area (Å²) < 4.78 is 34.8. The van der Waals surface area contributed by atoms with Crippen molar-refractivity contribution >= 4 is 37.3 Å². The molecule has 1 N–H and O–H groups in total. The fourth-order valence-corrected chi connectivity index (χ4v) is 4.43. The lowest BCUT2D eigenvalue weighted by molar-refractivity contribution is 0.484. The number of rotatable bonds is 6. The molecule has 9 heteroatoms. The van der Waals surface area contributed by atoms with Crippen LogP contribution < -0.4 is 15.0 Å². The van der Waals surface area contributed by atoms with Gasteiger partial charge in [-0.3, -0.25) is 9.52 Å². The summed E-state index contributed by atoms with van der Waals surface area (Å²) in [6.07, 6.45) is 1.69. The molecule has 0 radical (unpaired) electrons. The van der Waals surface area contributed by atoms with Crippen molar-refractivity contribution in [1.29, 1.82) is 0 Å². The summed E-state index contributed by atoms with van der Waals surface area (Å²) in [4.78, 5) is 16.8. The molecule has 30 heavy (non-hydrogen) atoms. The number of fused-ring (bicyclic) bond motifs is 1. The van der Waals surface area contributed by atoms with E-state index < -0.39 is 10.0 Å². The van der Waals surface area contributed by atoms with Crippen molar-refractivity contribution < 1.29 is 13.2 Å². The molecular formula is C21H19N3O4S2. The van der Waals surface area contributed by atoms with Crippen molar-refractivity contribution in [2.24, 2.45) is 7.05 Å². The Bertz CT molecular complexity index is 1380. The van der Waals surface area contributed by atoms with E-state index in [9.17, 15) is 13.2 Å². The molecule has 0 bridgehead atoms. The number of benzene rings is 2. The monoisotopic (exact) mass is 441 g/mol. The molecule has 0 aliphatic carbocycles. The quantitative estimate of drug-likeness (QED) is 0.484. The van der Waals surface area contributed by atoms with Gasteiger partial charge in [-0.05, 0) is 37.3 Å². The SMILES string of the molecule is CCS(=O)(=O)Nc1ccc(Oc2ccccc2)c(-c2cn(C)c(=O)c3scnc23)c1. The molecule has 2 heterocycles. The molecule has 0 unspecified atom stereocenters. The van der Waals surface area contributed by atoms with Crippen LogP contribution in [0, 0.1) is 0 Å². The van der Waals surface area contributed by atoms with Crippen molar-refractivity contribution in [1.82, 2.24) is 9.55 Å². The van der Waals surface area contributed by atoms with Gasteiger partial charge in [0.1, 0.15) is 16.2 Å². The summed E-state index contributed by atoms with van der Waals surface area (Å²) in [5.41, 5.74) is 3.75. The molecule has 2 aromatic heterocycles. The molecule has 0 saturated carbocycles. The van der Waals surface area contributed by atoms with Gasteiger partial charge in [0.05, 0.1) is 16.8 Å². The van der Waals surface area contributed by atoms with Crippen LogP contribution in [0.5, 0.6) is 11.5 Å². The maximum Gasteiger partial charge on any atom is 0.269 e. The molecule has 0 saturated heterocycles. The van der Waals surface area contributed by atoms with Gasteiger partial charge in [-0.15, -0.1) is 11.3 Å². The summed E-state index contributed by atoms with van der Waals surface area (Å²) in [7, 11) is -1.78. The van der Waals surface area contributed by atoms with E-state index in [2.05, 4.69) is 9.71 Å². The van der Waals surface area contributed by atoms with Gasteiger partial charge in [0.2, 0.25) is 10.0 Å². The van der Waals surface area contributed by atoms with Crippen molar-refractivity contribution in [3.05, 3.63) is 70.6 Å². The van der Waals surface area contributed by atoms with Crippen molar-refractivity contribution in [2.75, 3.05) is 10.5 Å². The molecule has 0 amide bonds. The molecular weight excluding hydrogens is 422 g/mol. The van der Waals surface area contributed by atoms with E-state index in [0.717, 1.165) is 0 Å². The van der Waals surface area contributed by atoms with Gasteiger partial charge in [-0.25, -0.2) is 13.4 Å². The Hall–Kier alpha value is -3.17. The molecule has 0 aliphatic rings. The molecule has 0 aliphatic heterocycles. The number of ether oxygens (including phenoxy) is 1. The Labute approximate surface area is 177 Å². The Morgan fingerprint density at radius 1 is 1.13 bits per heavy atom. The summed E-state index contributed by atoms with van der Waals surface area (Å²) in [5, 5.41) is 0. The second-order valence-electron chi connectivity index (χ2n) is 6.62. The minimum Gasteiger partial charge on any atom is -0.457 e. The highest BCUT2D eigenvalue weighted by Gasteiger charge is 2.18. The van der Waals surface area contributed by atoms with E-state index in [4.69, 9.17) is 4.74 Å². The van der Waals surface area contributed by atoms with Crippen LogP contribution in [0.15, 0.2) is 65.0 Å². The first-order valence-corrected chi connectivity index (χ1v) is 11.7. The Morgan fingerprint density at radius 3 is 2.63 bits per heavy atom. The maximum atomic E-state index is 12.5. The zero-order chi connectivity index (χ0) is 21.3. The second-order valence-corrected chi connectivity index (χ2v) is 9.49. The molecule has 2 aromatic carbocycles. The fraction of sp³-hybridized carbons (Fsp3) is 0.143. The summed E-state index contributed by atoms with van der Waals surface area (Å²) in [6.45, 7) is 1.57. The predicted octanol–water partition coefficient (Wildman–Crippen LogP) is 4.22. The van der Waals surface area contributed by atoms with Crippen LogP contribution in [0.4, 0.5) is 5.69 Å². The number of aryl methyl sites for hydroxylation is 1. The van der Waals surface area contributed by atoms with Crippen molar-refractivity contribution in [2.45, 2.75) is 6.92 Å². The number of hydrogen-bond acceptors (Lipinski definition) is 6. The first-order chi connectivity index (χ1) is 14.4. The van der Waals surface area contributed by atoms with Gasteiger partial charge in [0.15, 0.2) is 0 Å². The first kappa shape index (κ1) is 20.1. The number of thiazole rings is 1. The normalized spacial score (nSPS) is 11.5.